The molecule has 1 amide bonds. The molecule has 7 heteroatoms. The molecule has 0 aliphatic heterocycles. The van der Waals surface area contributed by atoms with Crippen LogP contribution in [0.2, 0.25) is 0 Å². The van der Waals surface area contributed by atoms with Gasteiger partial charge in [0, 0.05) is 6.42 Å². The molecule has 1 unspecified atom stereocenters. The maximum absolute atomic E-state index is 11.8. The van der Waals surface area contributed by atoms with Crippen LogP contribution in [-0.4, -0.2) is 30.8 Å². The average Bonchev–Trinajstić information content (AvgIpc) is 2.46. The first-order valence-corrected chi connectivity index (χ1v) is 7.19. The number of nitroso groups, excluding NO2 is 1. The van der Waals surface area contributed by atoms with E-state index in [1.807, 2.05) is 0 Å². The highest BCUT2D eigenvalue weighted by molar-refractivity contribution is 5.81. The topological polar surface area (TPSA) is 94.1 Å². The fourth-order valence-electron chi connectivity index (χ4n) is 1.88. The lowest BCUT2D eigenvalue weighted by Crippen LogP contribution is -2.45. The summed E-state index contributed by atoms with van der Waals surface area (Å²) in [6.07, 6.45) is -0.435. The van der Waals surface area contributed by atoms with E-state index in [1.54, 1.807) is 45.0 Å². The Balaban J connectivity index is 2.76. The van der Waals surface area contributed by atoms with Crippen LogP contribution in [-0.2, 0) is 27.2 Å². The average molecular weight is 322 g/mol. The van der Waals surface area contributed by atoms with Gasteiger partial charge in [-0.15, -0.1) is 0 Å². The van der Waals surface area contributed by atoms with Gasteiger partial charge < -0.3 is 14.8 Å². The number of rotatable bonds is 6. The highest BCUT2D eigenvalue weighted by Gasteiger charge is 2.25. The summed E-state index contributed by atoms with van der Waals surface area (Å²) >= 11 is 0. The van der Waals surface area contributed by atoms with E-state index in [-0.39, 0.29) is 13.0 Å². The minimum Gasteiger partial charge on any atom is -0.467 e. The maximum Gasteiger partial charge on any atom is 0.408 e. The fourth-order valence-corrected chi connectivity index (χ4v) is 1.88. The Kier molecular flexibility index (Phi) is 6.68. The second-order valence-electron chi connectivity index (χ2n) is 6.03. The number of benzene rings is 1. The Morgan fingerprint density at radius 1 is 1.17 bits per heavy atom. The summed E-state index contributed by atoms with van der Waals surface area (Å²) in [6, 6.07) is 6.18. The molecule has 0 saturated heterocycles. The second-order valence-corrected chi connectivity index (χ2v) is 6.03. The van der Waals surface area contributed by atoms with Crippen molar-refractivity contribution in [1.29, 1.82) is 0 Å². The predicted molar refractivity (Wildman–Crippen MR) is 84.8 cm³/mol. The molecule has 1 rings (SSSR count). The summed E-state index contributed by atoms with van der Waals surface area (Å²) < 4.78 is 9.86. The number of esters is 1. The highest BCUT2D eigenvalue weighted by Crippen LogP contribution is 2.11. The zero-order valence-electron chi connectivity index (χ0n) is 13.8. The lowest BCUT2D eigenvalue weighted by molar-refractivity contribution is -0.143. The molecule has 1 aromatic rings. The Labute approximate surface area is 135 Å². The number of alkyl carbamates (subject to hydrolysis) is 1. The zero-order valence-corrected chi connectivity index (χ0v) is 13.8. The van der Waals surface area contributed by atoms with Gasteiger partial charge in [0.05, 0.1) is 7.11 Å². The molecule has 0 aliphatic carbocycles. The zero-order chi connectivity index (χ0) is 17.5. The molecule has 0 fully saturated rings. The molecule has 0 aromatic heterocycles. The Morgan fingerprint density at radius 2 is 1.74 bits per heavy atom. The third kappa shape index (κ3) is 6.90. The van der Waals surface area contributed by atoms with Gasteiger partial charge in [-0.05, 0) is 31.9 Å². The third-order valence-electron chi connectivity index (χ3n) is 2.89. The smallest absolute Gasteiger partial charge is 0.408 e. The van der Waals surface area contributed by atoms with Crippen molar-refractivity contribution in [3.05, 3.63) is 40.3 Å². The summed E-state index contributed by atoms with van der Waals surface area (Å²) in [6.45, 7) is 5.30. The van der Waals surface area contributed by atoms with Crippen molar-refractivity contribution in [2.75, 3.05) is 7.11 Å². The first kappa shape index (κ1) is 18.6. The molecule has 23 heavy (non-hydrogen) atoms. The standard InChI is InChI=1S/C16H22N2O5/c1-16(2,3)23-15(20)18-13(14(19)22-4)9-11-5-7-12(8-6-11)10-17-21/h5-8,13H,9-10H2,1-4H3,(H,18,20). The molecule has 7 nitrogen and oxygen atoms in total. The van der Waals surface area contributed by atoms with Crippen LogP contribution in [0.3, 0.4) is 0 Å². The number of nitrogens with zero attached hydrogens (tertiary/aromatic N) is 1. The summed E-state index contributed by atoms with van der Waals surface area (Å²) in [5, 5.41) is 5.32. The van der Waals surface area contributed by atoms with E-state index >= 15 is 0 Å². The van der Waals surface area contributed by atoms with Gasteiger partial charge >= 0.3 is 12.1 Å². The van der Waals surface area contributed by atoms with Crippen molar-refractivity contribution in [3.8, 4) is 0 Å². The van der Waals surface area contributed by atoms with E-state index in [2.05, 4.69) is 10.5 Å². The van der Waals surface area contributed by atoms with Gasteiger partial charge in [0.25, 0.3) is 0 Å². The van der Waals surface area contributed by atoms with E-state index in [0.717, 1.165) is 11.1 Å². The fraction of sp³-hybridized carbons (Fsp3) is 0.500. The van der Waals surface area contributed by atoms with Crippen LogP contribution in [0.1, 0.15) is 31.9 Å². The van der Waals surface area contributed by atoms with Gasteiger partial charge in [0.1, 0.15) is 18.2 Å². The third-order valence-corrected chi connectivity index (χ3v) is 2.89. The van der Waals surface area contributed by atoms with Crippen LogP contribution >= 0.6 is 0 Å². The lowest BCUT2D eigenvalue weighted by Gasteiger charge is -2.22. The SMILES string of the molecule is COC(=O)C(Cc1ccc(CN=O)cc1)NC(=O)OC(C)(C)C. The molecule has 0 saturated carbocycles. The first-order chi connectivity index (χ1) is 10.7. The lowest BCUT2D eigenvalue weighted by atomic mass is 10.0. The first-order valence-electron chi connectivity index (χ1n) is 7.19. The van der Waals surface area contributed by atoms with Gasteiger partial charge in [-0.25, -0.2) is 9.59 Å². The molecule has 126 valence electrons. The molecule has 0 radical (unpaired) electrons. The van der Waals surface area contributed by atoms with E-state index in [1.165, 1.54) is 7.11 Å². The minimum absolute atomic E-state index is 0.0941. The van der Waals surface area contributed by atoms with Crippen LogP contribution < -0.4 is 5.32 Å². The molecule has 0 spiro atoms. The molecule has 1 N–H and O–H groups in total. The Morgan fingerprint density at radius 3 is 2.22 bits per heavy atom. The minimum atomic E-state index is -0.857. The van der Waals surface area contributed by atoms with Crippen LogP contribution in [0.25, 0.3) is 0 Å². The Hall–Kier alpha value is -2.44. The molecular weight excluding hydrogens is 300 g/mol. The second kappa shape index (κ2) is 8.26. The number of ether oxygens (including phenoxy) is 2. The van der Waals surface area contributed by atoms with E-state index in [9.17, 15) is 14.5 Å². The van der Waals surface area contributed by atoms with Crippen LogP contribution in [0.4, 0.5) is 4.79 Å². The summed E-state index contributed by atoms with van der Waals surface area (Å²) in [7, 11) is 1.25. The van der Waals surface area contributed by atoms with Crippen molar-refractivity contribution in [2.45, 2.75) is 45.4 Å². The van der Waals surface area contributed by atoms with Crippen LogP contribution in [0, 0.1) is 4.91 Å². The quantitative estimate of drug-likeness (QED) is 0.641. The number of methoxy groups -OCH3 is 1. The molecule has 1 aromatic carbocycles. The van der Waals surface area contributed by atoms with Gasteiger partial charge in [-0.2, -0.15) is 4.91 Å². The molecule has 0 bridgehead atoms. The van der Waals surface area contributed by atoms with Crippen molar-refractivity contribution in [3.63, 3.8) is 0 Å². The van der Waals surface area contributed by atoms with E-state index in [4.69, 9.17) is 9.47 Å². The number of hydrogen-bond acceptors (Lipinski definition) is 6. The van der Waals surface area contributed by atoms with Crippen molar-refractivity contribution >= 4 is 12.1 Å². The Bertz CT molecular complexity index is 549. The molecule has 1 atom stereocenters. The van der Waals surface area contributed by atoms with Gasteiger partial charge in [0.15, 0.2) is 0 Å². The number of amides is 1. The van der Waals surface area contributed by atoms with E-state index < -0.39 is 23.7 Å². The largest absolute Gasteiger partial charge is 0.467 e. The van der Waals surface area contributed by atoms with Crippen molar-refractivity contribution in [2.24, 2.45) is 5.18 Å². The number of hydrogen-bond donors (Lipinski definition) is 1. The number of nitrogens with one attached hydrogen (secondary N) is 1. The highest BCUT2D eigenvalue weighted by atomic mass is 16.6. The van der Waals surface area contributed by atoms with Crippen molar-refractivity contribution < 1.29 is 19.1 Å². The molecule has 0 aliphatic rings. The molecule has 0 heterocycles. The van der Waals surface area contributed by atoms with Crippen molar-refractivity contribution in [1.82, 2.24) is 5.32 Å². The van der Waals surface area contributed by atoms with Gasteiger partial charge in [-0.3, -0.25) is 0 Å². The summed E-state index contributed by atoms with van der Waals surface area (Å²) in [4.78, 5) is 33.9. The summed E-state index contributed by atoms with van der Waals surface area (Å²) in [5.41, 5.74) is 0.929. The summed E-state index contributed by atoms with van der Waals surface area (Å²) in [5.74, 6) is -0.561. The normalized spacial score (nSPS) is 12.2. The van der Waals surface area contributed by atoms with Crippen LogP contribution in [0.5, 0.6) is 0 Å². The maximum atomic E-state index is 11.8. The van der Waals surface area contributed by atoms with Gasteiger partial charge in [-0.1, -0.05) is 29.4 Å². The number of carbonyl (C=O) groups excluding carboxylic acids is 2. The molecular formula is C16H22N2O5. The predicted octanol–water partition coefficient (Wildman–Crippen LogP) is 2.56. The van der Waals surface area contributed by atoms with Gasteiger partial charge in [0.2, 0.25) is 0 Å². The monoisotopic (exact) mass is 322 g/mol. The van der Waals surface area contributed by atoms with Crippen LogP contribution in [0.15, 0.2) is 29.4 Å². The number of carbonyl (C=O) groups is 2. The van der Waals surface area contributed by atoms with E-state index in [0.29, 0.717) is 0 Å².